The number of amides is 1. The Bertz CT molecular complexity index is 591. The summed E-state index contributed by atoms with van der Waals surface area (Å²) in [5, 5.41) is 3.44. The van der Waals surface area contributed by atoms with Gasteiger partial charge in [0.15, 0.2) is 5.13 Å². The maximum atomic E-state index is 11.6. The molecule has 2 rings (SSSR count). The van der Waals surface area contributed by atoms with Gasteiger partial charge in [-0.05, 0) is 26.8 Å². The molecule has 0 fully saturated rings. The summed E-state index contributed by atoms with van der Waals surface area (Å²) in [6.07, 6.45) is 1.04. The third kappa shape index (κ3) is 3.30. The van der Waals surface area contributed by atoms with Crippen LogP contribution >= 0.6 is 22.9 Å². The number of carbonyl (C=O) groups excluding carboxylic acids is 1. The summed E-state index contributed by atoms with van der Waals surface area (Å²) in [5.74, 6) is 0. The van der Waals surface area contributed by atoms with Gasteiger partial charge in [-0.2, -0.15) is 0 Å². The minimum Gasteiger partial charge on any atom is -0.444 e. The predicted molar refractivity (Wildman–Crippen MR) is 72.3 cm³/mol. The smallest absolute Gasteiger partial charge is 0.413 e. The Morgan fingerprint density at radius 2 is 2.22 bits per heavy atom. The lowest BCUT2D eigenvalue weighted by atomic mass is 10.2. The number of halogens is 1. The number of hydrogen-bond acceptors (Lipinski definition) is 5. The molecule has 2 aromatic heterocycles. The van der Waals surface area contributed by atoms with Crippen LogP contribution in [0.5, 0.6) is 0 Å². The number of thiazole rings is 1. The number of rotatable bonds is 1. The van der Waals surface area contributed by atoms with Crippen LogP contribution in [0.2, 0.25) is 5.15 Å². The Morgan fingerprint density at radius 1 is 1.50 bits per heavy atom. The third-order valence-corrected chi connectivity index (χ3v) is 2.99. The molecule has 2 heterocycles. The highest BCUT2D eigenvalue weighted by Crippen LogP contribution is 2.27. The van der Waals surface area contributed by atoms with Gasteiger partial charge in [-0.1, -0.05) is 22.9 Å². The van der Waals surface area contributed by atoms with E-state index >= 15 is 0 Å². The van der Waals surface area contributed by atoms with Crippen molar-refractivity contribution < 1.29 is 9.53 Å². The van der Waals surface area contributed by atoms with Crippen molar-refractivity contribution in [3.8, 4) is 0 Å². The van der Waals surface area contributed by atoms with E-state index in [0.717, 1.165) is 4.70 Å². The SMILES string of the molecule is CC(C)(C)OC(=O)Nc1nc2cnc(Cl)cc2s1. The topological polar surface area (TPSA) is 64.1 Å². The van der Waals surface area contributed by atoms with Gasteiger partial charge in [0.1, 0.15) is 16.3 Å². The predicted octanol–water partition coefficient (Wildman–Crippen LogP) is 3.69. The molecule has 0 radical (unpaired) electrons. The third-order valence-electron chi connectivity index (χ3n) is 1.85. The minimum absolute atomic E-state index is 0.398. The van der Waals surface area contributed by atoms with Crippen LogP contribution in [0.4, 0.5) is 9.93 Å². The second kappa shape index (κ2) is 4.70. The van der Waals surface area contributed by atoms with Gasteiger partial charge < -0.3 is 4.74 Å². The largest absolute Gasteiger partial charge is 0.444 e. The first-order valence-electron chi connectivity index (χ1n) is 5.25. The lowest BCUT2D eigenvalue weighted by Crippen LogP contribution is -2.27. The van der Waals surface area contributed by atoms with Crippen molar-refractivity contribution in [3.05, 3.63) is 17.4 Å². The summed E-state index contributed by atoms with van der Waals surface area (Å²) in [7, 11) is 0. The average Bonchev–Trinajstić information content (AvgIpc) is 2.55. The number of pyridine rings is 1. The fraction of sp³-hybridized carbons (Fsp3) is 0.364. The number of anilines is 1. The molecule has 0 bridgehead atoms. The summed E-state index contributed by atoms with van der Waals surface area (Å²) < 4.78 is 6.00. The van der Waals surface area contributed by atoms with E-state index in [4.69, 9.17) is 16.3 Å². The summed E-state index contributed by atoms with van der Waals surface area (Å²) in [4.78, 5) is 19.7. The summed E-state index contributed by atoms with van der Waals surface area (Å²) in [5.41, 5.74) is 0.154. The zero-order chi connectivity index (χ0) is 13.3. The van der Waals surface area contributed by atoms with Crippen molar-refractivity contribution in [2.75, 3.05) is 5.32 Å². The molecule has 5 nitrogen and oxygen atoms in total. The van der Waals surface area contributed by atoms with E-state index in [2.05, 4.69) is 15.3 Å². The van der Waals surface area contributed by atoms with Crippen molar-refractivity contribution in [3.63, 3.8) is 0 Å². The highest BCUT2D eigenvalue weighted by Gasteiger charge is 2.17. The van der Waals surface area contributed by atoms with Gasteiger partial charge in [-0.25, -0.2) is 14.8 Å². The van der Waals surface area contributed by atoms with Crippen LogP contribution in [0.3, 0.4) is 0 Å². The molecular weight excluding hydrogens is 274 g/mol. The number of fused-ring (bicyclic) bond motifs is 1. The van der Waals surface area contributed by atoms with Gasteiger partial charge in [-0.3, -0.25) is 5.32 Å². The lowest BCUT2D eigenvalue weighted by molar-refractivity contribution is 0.0636. The average molecular weight is 286 g/mol. The Kier molecular flexibility index (Phi) is 3.41. The van der Waals surface area contributed by atoms with Gasteiger partial charge >= 0.3 is 6.09 Å². The fourth-order valence-electron chi connectivity index (χ4n) is 1.25. The highest BCUT2D eigenvalue weighted by molar-refractivity contribution is 7.22. The van der Waals surface area contributed by atoms with Crippen LogP contribution in [-0.2, 0) is 4.74 Å². The van der Waals surface area contributed by atoms with Crippen LogP contribution in [-0.4, -0.2) is 21.7 Å². The van der Waals surface area contributed by atoms with Crippen LogP contribution in [0.1, 0.15) is 20.8 Å². The molecule has 18 heavy (non-hydrogen) atoms. The molecule has 0 saturated carbocycles. The van der Waals surface area contributed by atoms with Gasteiger partial charge in [0.25, 0.3) is 0 Å². The van der Waals surface area contributed by atoms with Crippen LogP contribution in [0.25, 0.3) is 10.2 Å². The quantitative estimate of drug-likeness (QED) is 0.812. The minimum atomic E-state index is -0.536. The van der Waals surface area contributed by atoms with Crippen LogP contribution < -0.4 is 5.32 Å². The zero-order valence-electron chi connectivity index (χ0n) is 10.2. The normalized spacial score (nSPS) is 11.6. The molecule has 1 amide bonds. The molecule has 0 unspecified atom stereocenters. The Morgan fingerprint density at radius 3 is 2.89 bits per heavy atom. The number of ether oxygens (including phenoxy) is 1. The van der Waals surface area contributed by atoms with E-state index in [1.54, 1.807) is 33.0 Å². The molecule has 0 spiro atoms. The van der Waals surface area contributed by atoms with E-state index < -0.39 is 11.7 Å². The Balaban J connectivity index is 2.15. The van der Waals surface area contributed by atoms with E-state index in [1.807, 2.05) is 0 Å². The fourth-order valence-corrected chi connectivity index (χ4v) is 2.34. The number of nitrogens with zero attached hydrogens (tertiary/aromatic N) is 2. The Hall–Kier alpha value is -1.40. The van der Waals surface area contributed by atoms with Crippen molar-refractivity contribution in [2.45, 2.75) is 26.4 Å². The monoisotopic (exact) mass is 285 g/mol. The number of carbonyl (C=O) groups is 1. The van der Waals surface area contributed by atoms with Gasteiger partial charge in [-0.15, -0.1) is 0 Å². The zero-order valence-corrected chi connectivity index (χ0v) is 11.7. The first kappa shape index (κ1) is 13.0. The molecule has 96 valence electrons. The molecule has 7 heteroatoms. The van der Waals surface area contributed by atoms with Gasteiger partial charge in [0.05, 0.1) is 10.9 Å². The molecule has 0 aliphatic rings. The summed E-state index contributed by atoms with van der Waals surface area (Å²) in [6.45, 7) is 5.40. The van der Waals surface area contributed by atoms with Crippen molar-refractivity contribution in [2.24, 2.45) is 0 Å². The van der Waals surface area contributed by atoms with E-state index in [0.29, 0.717) is 15.8 Å². The molecule has 1 N–H and O–H groups in total. The highest BCUT2D eigenvalue weighted by atomic mass is 35.5. The summed E-state index contributed by atoms with van der Waals surface area (Å²) >= 11 is 7.09. The second-order valence-electron chi connectivity index (χ2n) is 4.62. The molecule has 0 aromatic carbocycles. The first-order valence-corrected chi connectivity index (χ1v) is 6.45. The second-order valence-corrected chi connectivity index (χ2v) is 6.04. The van der Waals surface area contributed by atoms with Crippen LogP contribution in [0, 0.1) is 0 Å². The molecule has 0 aliphatic heterocycles. The molecule has 0 aliphatic carbocycles. The standard InChI is InChI=1S/C11H12ClN3O2S/c1-11(2,3)17-10(16)15-9-14-6-5-13-8(12)4-7(6)18-9/h4-5H,1-3H3,(H,14,15,16). The lowest BCUT2D eigenvalue weighted by Gasteiger charge is -2.18. The number of aromatic nitrogens is 2. The van der Waals surface area contributed by atoms with Gasteiger partial charge in [0, 0.05) is 0 Å². The molecule has 2 aromatic rings. The van der Waals surface area contributed by atoms with Gasteiger partial charge in [0.2, 0.25) is 0 Å². The van der Waals surface area contributed by atoms with Crippen molar-refractivity contribution >= 4 is 44.4 Å². The Labute approximate surface area is 113 Å². The molecule has 0 saturated heterocycles. The van der Waals surface area contributed by atoms with E-state index in [-0.39, 0.29) is 0 Å². The van der Waals surface area contributed by atoms with E-state index in [1.165, 1.54) is 11.3 Å². The van der Waals surface area contributed by atoms with Crippen molar-refractivity contribution in [1.29, 1.82) is 0 Å². The molecular formula is C11H12ClN3O2S. The van der Waals surface area contributed by atoms with Crippen LogP contribution in [0.15, 0.2) is 12.3 Å². The van der Waals surface area contributed by atoms with E-state index in [9.17, 15) is 4.79 Å². The first-order chi connectivity index (χ1) is 8.33. The molecule has 0 atom stereocenters. The maximum absolute atomic E-state index is 11.6. The number of nitrogens with one attached hydrogen (secondary N) is 1. The summed E-state index contributed by atoms with van der Waals surface area (Å²) in [6, 6.07) is 1.70. The maximum Gasteiger partial charge on any atom is 0.413 e. The van der Waals surface area contributed by atoms with Crippen molar-refractivity contribution in [1.82, 2.24) is 9.97 Å². The number of hydrogen-bond donors (Lipinski definition) is 1.